The molecule has 0 aliphatic heterocycles. The van der Waals surface area contributed by atoms with Gasteiger partial charge in [0, 0.05) is 25.0 Å². The highest BCUT2D eigenvalue weighted by molar-refractivity contribution is 7.80. The van der Waals surface area contributed by atoms with Crippen molar-refractivity contribution in [3.05, 3.63) is 70.0 Å². The van der Waals surface area contributed by atoms with Gasteiger partial charge in [-0.05, 0) is 37.2 Å². The Balaban J connectivity index is 1.39. The van der Waals surface area contributed by atoms with Crippen LogP contribution in [0.5, 0.6) is 0 Å². The number of aromatic amines is 1. The van der Waals surface area contributed by atoms with Gasteiger partial charge in [-0.2, -0.15) is 5.10 Å². The van der Waals surface area contributed by atoms with Gasteiger partial charge in [-0.1, -0.05) is 48.0 Å². The maximum Gasteiger partial charge on any atom is 0.272 e. The summed E-state index contributed by atoms with van der Waals surface area (Å²) in [7, 11) is 0. The molecule has 0 amide bonds. The number of aromatic nitrogens is 2. The molecule has 0 saturated heterocycles. The minimum Gasteiger partial charge on any atom is -0.368 e. The smallest absolute Gasteiger partial charge is 0.272 e. The summed E-state index contributed by atoms with van der Waals surface area (Å²) < 4.78 is 0. The number of fused-ring (bicyclic) bond motifs is 1. The molecule has 6 nitrogen and oxygen atoms in total. The van der Waals surface area contributed by atoms with Crippen LogP contribution in [0.25, 0.3) is 10.8 Å². The molecule has 0 aliphatic carbocycles. The average molecular weight is 382 g/mol. The van der Waals surface area contributed by atoms with E-state index >= 15 is 0 Å². The topological polar surface area (TPSA) is 81.8 Å². The molecule has 0 atom stereocenters. The number of H-pyrrole nitrogens is 1. The van der Waals surface area contributed by atoms with E-state index in [1.807, 2.05) is 18.2 Å². The molecular formula is C20H23N5OS. The van der Waals surface area contributed by atoms with E-state index in [0.717, 1.165) is 24.9 Å². The summed E-state index contributed by atoms with van der Waals surface area (Å²) in [6, 6.07) is 15.8. The predicted octanol–water partition coefficient (Wildman–Crippen LogP) is 2.70. The SMILES string of the molecule is Cc1ccc(CNC(=S)NCCCNc2n[nH]c(=O)c3ccccc23)cc1. The Hall–Kier alpha value is -2.93. The second-order valence-electron chi connectivity index (χ2n) is 6.32. The molecule has 0 bridgehead atoms. The number of hydrogen-bond donors (Lipinski definition) is 4. The Bertz CT molecular complexity index is 968. The first-order valence-corrected chi connectivity index (χ1v) is 9.33. The average Bonchev–Trinajstić information content (AvgIpc) is 2.69. The summed E-state index contributed by atoms with van der Waals surface area (Å²) in [6.07, 6.45) is 0.863. The zero-order chi connectivity index (χ0) is 19.1. The van der Waals surface area contributed by atoms with Crippen molar-refractivity contribution in [1.82, 2.24) is 20.8 Å². The standard InChI is InChI=1S/C20H23N5OS/c1-14-7-9-15(10-8-14)13-23-20(27)22-12-4-11-21-18-16-5-2-3-6-17(16)19(26)25-24-18/h2-3,5-10H,4,11-13H2,1H3,(H,21,24)(H,25,26)(H2,22,23,27). The Morgan fingerprint density at radius 3 is 2.56 bits per heavy atom. The number of thiocarbonyl (C=S) groups is 1. The predicted molar refractivity (Wildman–Crippen MR) is 114 cm³/mol. The maximum atomic E-state index is 11.8. The molecule has 3 rings (SSSR count). The van der Waals surface area contributed by atoms with E-state index in [1.165, 1.54) is 11.1 Å². The number of benzene rings is 2. The van der Waals surface area contributed by atoms with Gasteiger partial charge >= 0.3 is 0 Å². The van der Waals surface area contributed by atoms with Gasteiger partial charge in [-0.25, -0.2) is 5.10 Å². The number of aryl methyl sites for hydroxylation is 1. The van der Waals surface area contributed by atoms with Crippen LogP contribution >= 0.6 is 12.2 Å². The van der Waals surface area contributed by atoms with Gasteiger partial charge in [0.1, 0.15) is 0 Å². The van der Waals surface area contributed by atoms with Crippen molar-refractivity contribution < 1.29 is 0 Å². The summed E-state index contributed by atoms with van der Waals surface area (Å²) in [5, 5.41) is 18.4. The van der Waals surface area contributed by atoms with Crippen LogP contribution in [0.2, 0.25) is 0 Å². The minimum atomic E-state index is -0.178. The Labute approximate surface area is 163 Å². The Kier molecular flexibility index (Phi) is 6.38. The van der Waals surface area contributed by atoms with Crippen LogP contribution in [0, 0.1) is 6.92 Å². The van der Waals surface area contributed by atoms with E-state index in [1.54, 1.807) is 6.07 Å². The van der Waals surface area contributed by atoms with E-state index in [9.17, 15) is 4.79 Å². The number of nitrogens with zero attached hydrogens (tertiary/aromatic N) is 1. The highest BCUT2D eigenvalue weighted by Gasteiger charge is 2.04. The first kappa shape index (κ1) is 18.8. The summed E-state index contributed by atoms with van der Waals surface area (Å²) in [4.78, 5) is 11.8. The van der Waals surface area contributed by atoms with Gasteiger partial charge in [0.15, 0.2) is 10.9 Å². The van der Waals surface area contributed by atoms with Crippen LogP contribution in [0.4, 0.5) is 5.82 Å². The molecule has 1 aromatic heterocycles. The lowest BCUT2D eigenvalue weighted by Gasteiger charge is -2.11. The minimum absolute atomic E-state index is 0.178. The Morgan fingerprint density at radius 2 is 1.78 bits per heavy atom. The van der Waals surface area contributed by atoms with Gasteiger partial charge in [-0.15, -0.1) is 0 Å². The first-order chi connectivity index (χ1) is 13.1. The monoisotopic (exact) mass is 381 g/mol. The zero-order valence-electron chi connectivity index (χ0n) is 15.2. The molecule has 140 valence electrons. The number of nitrogens with one attached hydrogen (secondary N) is 4. The highest BCUT2D eigenvalue weighted by atomic mass is 32.1. The van der Waals surface area contributed by atoms with Gasteiger partial charge in [0.25, 0.3) is 5.56 Å². The van der Waals surface area contributed by atoms with Crippen molar-refractivity contribution in [2.24, 2.45) is 0 Å². The lowest BCUT2D eigenvalue weighted by Crippen LogP contribution is -2.35. The van der Waals surface area contributed by atoms with Crippen LogP contribution in [-0.2, 0) is 6.54 Å². The summed E-state index contributed by atoms with van der Waals surface area (Å²) in [5.41, 5.74) is 2.27. The van der Waals surface area contributed by atoms with Crippen molar-refractivity contribution in [3.8, 4) is 0 Å². The molecule has 0 aliphatic rings. The van der Waals surface area contributed by atoms with Crippen molar-refractivity contribution >= 4 is 33.9 Å². The molecular weight excluding hydrogens is 358 g/mol. The molecule has 0 unspecified atom stereocenters. The van der Waals surface area contributed by atoms with Crippen LogP contribution < -0.4 is 21.5 Å². The van der Waals surface area contributed by atoms with E-state index < -0.39 is 0 Å². The lowest BCUT2D eigenvalue weighted by atomic mass is 10.1. The highest BCUT2D eigenvalue weighted by Crippen LogP contribution is 2.16. The van der Waals surface area contributed by atoms with Crippen molar-refractivity contribution in [1.29, 1.82) is 0 Å². The third-order valence-corrected chi connectivity index (χ3v) is 4.49. The summed E-state index contributed by atoms with van der Waals surface area (Å²) >= 11 is 5.30. The molecule has 0 fully saturated rings. The molecule has 2 aromatic carbocycles. The molecule has 3 aromatic rings. The van der Waals surface area contributed by atoms with E-state index in [0.29, 0.717) is 22.9 Å². The second kappa shape index (κ2) is 9.14. The third kappa shape index (κ3) is 5.27. The molecule has 7 heteroatoms. The first-order valence-electron chi connectivity index (χ1n) is 8.92. The fourth-order valence-corrected chi connectivity index (χ4v) is 2.87. The van der Waals surface area contributed by atoms with Crippen molar-refractivity contribution in [3.63, 3.8) is 0 Å². The van der Waals surface area contributed by atoms with Gasteiger partial charge in [0.05, 0.1) is 5.39 Å². The van der Waals surface area contributed by atoms with Crippen LogP contribution in [0.15, 0.2) is 53.3 Å². The lowest BCUT2D eigenvalue weighted by molar-refractivity contribution is 0.774. The van der Waals surface area contributed by atoms with Crippen molar-refractivity contribution in [2.45, 2.75) is 19.9 Å². The molecule has 0 saturated carbocycles. The zero-order valence-corrected chi connectivity index (χ0v) is 16.0. The maximum absolute atomic E-state index is 11.8. The summed E-state index contributed by atoms with van der Waals surface area (Å²) in [6.45, 7) is 4.24. The molecule has 27 heavy (non-hydrogen) atoms. The number of rotatable bonds is 7. The summed E-state index contributed by atoms with van der Waals surface area (Å²) in [5.74, 6) is 0.685. The van der Waals surface area contributed by atoms with Crippen LogP contribution in [0.1, 0.15) is 17.5 Å². The molecule has 0 radical (unpaired) electrons. The second-order valence-corrected chi connectivity index (χ2v) is 6.73. The van der Waals surface area contributed by atoms with Gasteiger partial charge in [-0.3, -0.25) is 4.79 Å². The van der Waals surface area contributed by atoms with Gasteiger partial charge in [0.2, 0.25) is 0 Å². The molecule has 1 heterocycles. The quantitative estimate of drug-likeness (QED) is 0.372. The number of anilines is 1. The Morgan fingerprint density at radius 1 is 1.04 bits per heavy atom. The van der Waals surface area contributed by atoms with Crippen LogP contribution in [0.3, 0.4) is 0 Å². The van der Waals surface area contributed by atoms with Crippen molar-refractivity contribution in [2.75, 3.05) is 18.4 Å². The van der Waals surface area contributed by atoms with E-state index in [4.69, 9.17) is 12.2 Å². The van der Waals surface area contributed by atoms with E-state index in [-0.39, 0.29) is 5.56 Å². The van der Waals surface area contributed by atoms with Crippen LogP contribution in [-0.4, -0.2) is 28.4 Å². The molecule has 4 N–H and O–H groups in total. The number of hydrogen-bond acceptors (Lipinski definition) is 4. The fraction of sp³-hybridized carbons (Fsp3) is 0.250. The van der Waals surface area contributed by atoms with Gasteiger partial charge < -0.3 is 16.0 Å². The third-order valence-electron chi connectivity index (χ3n) is 4.20. The normalized spacial score (nSPS) is 10.6. The largest absolute Gasteiger partial charge is 0.368 e. The fourth-order valence-electron chi connectivity index (χ4n) is 2.70. The molecule has 0 spiro atoms. The van der Waals surface area contributed by atoms with E-state index in [2.05, 4.69) is 57.3 Å².